The summed E-state index contributed by atoms with van der Waals surface area (Å²) in [6.45, 7) is 3.41. The number of hydrogen-bond acceptors (Lipinski definition) is 9. The molecule has 11 heteroatoms. The largest absolute Gasteiger partial charge is 0.480 e. The van der Waals surface area contributed by atoms with Gasteiger partial charge in [0.15, 0.2) is 5.82 Å². The molecule has 31 heavy (non-hydrogen) atoms. The van der Waals surface area contributed by atoms with Crippen LogP contribution in [0.1, 0.15) is 12.5 Å². The van der Waals surface area contributed by atoms with Crippen LogP contribution < -0.4 is 9.47 Å². The third kappa shape index (κ3) is 4.49. The fourth-order valence-electron chi connectivity index (χ4n) is 2.94. The van der Waals surface area contributed by atoms with E-state index in [9.17, 15) is 9.18 Å². The predicted molar refractivity (Wildman–Crippen MR) is 114 cm³/mol. The first kappa shape index (κ1) is 21.1. The number of nitrogens with zero attached hydrogens (tertiary/aromatic N) is 4. The summed E-state index contributed by atoms with van der Waals surface area (Å²) in [5.41, 5.74) is 2.48. The monoisotopic (exact) mass is 462 g/mol. The Balaban J connectivity index is 1.72. The summed E-state index contributed by atoms with van der Waals surface area (Å²) in [6.07, 6.45) is 0.897. The second-order valence-corrected chi connectivity index (χ2v) is 7.97. The molecule has 0 radical (unpaired) electrons. The summed E-state index contributed by atoms with van der Waals surface area (Å²) < 4.78 is 29.8. The van der Waals surface area contributed by atoms with E-state index in [0.717, 1.165) is 11.1 Å². The Kier molecular flexibility index (Phi) is 5.84. The second-order valence-electron chi connectivity index (χ2n) is 6.69. The van der Waals surface area contributed by atoms with Crippen LogP contribution in [0.15, 0.2) is 24.4 Å². The lowest BCUT2D eigenvalue weighted by Crippen LogP contribution is -2.20. The zero-order valence-electron chi connectivity index (χ0n) is 16.7. The number of aryl methyl sites for hydroxylation is 1. The minimum atomic E-state index is -0.961. The molecule has 4 aromatic rings. The molecule has 0 saturated heterocycles. The molecule has 0 aliphatic heterocycles. The fraction of sp³-hybridized carbons (Fsp3) is 0.250. The number of ether oxygens (including phenoxy) is 3. The van der Waals surface area contributed by atoms with Crippen LogP contribution in [-0.4, -0.2) is 45.2 Å². The number of rotatable bonds is 6. The second kappa shape index (κ2) is 8.56. The minimum Gasteiger partial charge on any atom is -0.480 e. The zero-order valence-corrected chi connectivity index (χ0v) is 18.3. The van der Waals surface area contributed by atoms with Gasteiger partial charge >= 0.3 is 5.43 Å². The Morgan fingerprint density at radius 3 is 2.77 bits per heavy atom. The molecule has 0 amide bonds. The maximum absolute atomic E-state index is 14.5. The SMILES string of the molecule is COc1cnc2c(-c3nc4cc(F)c(OC(C)COC(=O)Cl)nc4s3)cc(C)cc2n1. The number of carbonyl (C=O) groups excluding carboxylic acids is 1. The number of methoxy groups -OCH3 is 1. The van der Waals surface area contributed by atoms with Gasteiger partial charge in [-0.25, -0.2) is 24.1 Å². The van der Waals surface area contributed by atoms with Crippen molar-refractivity contribution in [3.8, 4) is 22.3 Å². The van der Waals surface area contributed by atoms with E-state index in [1.165, 1.54) is 30.7 Å². The normalized spacial score (nSPS) is 12.2. The van der Waals surface area contributed by atoms with E-state index in [-0.39, 0.29) is 12.5 Å². The molecule has 3 aromatic heterocycles. The Morgan fingerprint density at radius 2 is 2.03 bits per heavy atom. The standard InChI is InChI=1S/C20H16ClFN4O4S/c1-9-4-11(16-13(5-9)24-15(28-3)7-23-16)18-25-14-6-12(22)17(26-19(14)31-18)30-10(2)8-29-20(21)27/h4-7,10H,8H2,1-3H3. The van der Waals surface area contributed by atoms with E-state index in [0.29, 0.717) is 32.3 Å². The molecule has 0 fully saturated rings. The van der Waals surface area contributed by atoms with Gasteiger partial charge in [-0.15, -0.1) is 0 Å². The molecule has 4 rings (SSSR count). The first-order chi connectivity index (χ1) is 14.8. The average molecular weight is 463 g/mol. The van der Waals surface area contributed by atoms with Crippen LogP contribution in [0.2, 0.25) is 0 Å². The first-order valence-corrected chi connectivity index (χ1v) is 10.3. The van der Waals surface area contributed by atoms with Crippen LogP contribution in [0, 0.1) is 12.7 Å². The van der Waals surface area contributed by atoms with Gasteiger partial charge in [-0.3, -0.25) is 0 Å². The first-order valence-electron chi connectivity index (χ1n) is 9.12. The van der Waals surface area contributed by atoms with Gasteiger partial charge in [0.05, 0.1) is 24.3 Å². The summed E-state index contributed by atoms with van der Waals surface area (Å²) in [6, 6.07) is 5.10. The zero-order chi connectivity index (χ0) is 22.1. The van der Waals surface area contributed by atoms with Gasteiger partial charge in [0, 0.05) is 23.2 Å². The number of benzene rings is 1. The Morgan fingerprint density at radius 1 is 1.23 bits per heavy atom. The topological polar surface area (TPSA) is 96.3 Å². The predicted octanol–water partition coefficient (Wildman–Crippen LogP) is 4.90. The Labute approximate surface area is 185 Å². The van der Waals surface area contributed by atoms with Crippen molar-refractivity contribution in [1.29, 1.82) is 0 Å². The molecule has 3 heterocycles. The number of carbonyl (C=O) groups is 1. The van der Waals surface area contributed by atoms with Gasteiger partial charge in [0.2, 0.25) is 5.88 Å². The molecule has 0 bridgehead atoms. The molecule has 0 aliphatic carbocycles. The van der Waals surface area contributed by atoms with Crippen molar-refractivity contribution in [3.63, 3.8) is 0 Å². The van der Waals surface area contributed by atoms with Crippen molar-refractivity contribution in [1.82, 2.24) is 19.9 Å². The highest BCUT2D eigenvalue weighted by Crippen LogP contribution is 2.35. The maximum Gasteiger partial charge on any atom is 0.403 e. The van der Waals surface area contributed by atoms with Crippen LogP contribution >= 0.6 is 22.9 Å². The molecule has 0 aliphatic rings. The van der Waals surface area contributed by atoms with Crippen LogP contribution in [0.5, 0.6) is 11.8 Å². The number of thiazole rings is 1. The van der Waals surface area contributed by atoms with Gasteiger partial charge in [-0.05, 0) is 31.5 Å². The summed E-state index contributed by atoms with van der Waals surface area (Å²) >= 11 is 6.41. The molecule has 0 N–H and O–H groups in total. The molecule has 0 spiro atoms. The van der Waals surface area contributed by atoms with Crippen molar-refractivity contribution >= 4 is 49.7 Å². The van der Waals surface area contributed by atoms with Crippen LogP contribution in [-0.2, 0) is 4.74 Å². The van der Waals surface area contributed by atoms with E-state index < -0.39 is 17.3 Å². The molecule has 160 valence electrons. The van der Waals surface area contributed by atoms with Gasteiger partial charge in [0.1, 0.15) is 28.1 Å². The number of pyridine rings is 1. The molecule has 1 unspecified atom stereocenters. The molecule has 8 nitrogen and oxygen atoms in total. The summed E-state index contributed by atoms with van der Waals surface area (Å²) in [7, 11) is 1.53. The van der Waals surface area contributed by atoms with Crippen molar-refractivity contribution in [2.24, 2.45) is 0 Å². The van der Waals surface area contributed by atoms with E-state index in [1.807, 2.05) is 19.1 Å². The van der Waals surface area contributed by atoms with Crippen LogP contribution in [0.4, 0.5) is 9.18 Å². The Hall–Kier alpha value is -3.11. The lowest BCUT2D eigenvalue weighted by Gasteiger charge is -2.13. The third-order valence-corrected chi connectivity index (χ3v) is 5.37. The molecule has 0 saturated carbocycles. The highest BCUT2D eigenvalue weighted by molar-refractivity contribution is 7.21. The average Bonchev–Trinajstić information content (AvgIpc) is 3.13. The van der Waals surface area contributed by atoms with Gasteiger partial charge in [-0.1, -0.05) is 11.3 Å². The summed E-state index contributed by atoms with van der Waals surface area (Å²) in [4.78, 5) is 28.9. The Bertz CT molecular complexity index is 1300. The van der Waals surface area contributed by atoms with Crippen molar-refractivity contribution < 1.29 is 23.4 Å². The number of halogens is 2. The highest BCUT2D eigenvalue weighted by atomic mass is 35.5. The van der Waals surface area contributed by atoms with Crippen molar-refractivity contribution in [2.75, 3.05) is 13.7 Å². The minimum absolute atomic E-state index is 0.132. The number of fused-ring (bicyclic) bond motifs is 2. The van der Waals surface area contributed by atoms with Crippen LogP contribution in [0.25, 0.3) is 32.0 Å². The number of aromatic nitrogens is 4. The van der Waals surface area contributed by atoms with E-state index in [4.69, 9.17) is 21.1 Å². The smallest absolute Gasteiger partial charge is 0.403 e. The van der Waals surface area contributed by atoms with Gasteiger partial charge in [0.25, 0.3) is 5.88 Å². The summed E-state index contributed by atoms with van der Waals surface area (Å²) in [5, 5.41) is 0.622. The molecule has 1 aromatic carbocycles. The lowest BCUT2D eigenvalue weighted by molar-refractivity contribution is 0.100. The van der Waals surface area contributed by atoms with Crippen LogP contribution in [0.3, 0.4) is 0 Å². The highest BCUT2D eigenvalue weighted by Gasteiger charge is 2.18. The lowest BCUT2D eigenvalue weighted by atomic mass is 10.1. The van der Waals surface area contributed by atoms with E-state index in [2.05, 4.69) is 24.7 Å². The van der Waals surface area contributed by atoms with Crippen molar-refractivity contribution in [2.45, 2.75) is 20.0 Å². The molecular weight excluding hydrogens is 447 g/mol. The maximum atomic E-state index is 14.5. The quantitative estimate of drug-likeness (QED) is 0.373. The van der Waals surface area contributed by atoms with Crippen molar-refractivity contribution in [3.05, 3.63) is 35.8 Å². The van der Waals surface area contributed by atoms with E-state index in [1.54, 1.807) is 6.92 Å². The molecular formula is C20H16ClFN4O4S. The van der Waals surface area contributed by atoms with Gasteiger partial charge < -0.3 is 14.2 Å². The number of hydrogen-bond donors (Lipinski definition) is 0. The summed E-state index contributed by atoms with van der Waals surface area (Å²) in [5.74, 6) is -0.473. The van der Waals surface area contributed by atoms with Gasteiger partial charge in [-0.2, -0.15) is 4.98 Å². The third-order valence-electron chi connectivity index (χ3n) is 4.26. The van der Waals surface area contributed by atoms with E-state index >= 15 is 0 Å². The molecule has 1 atom stereocenters. The fourth-order valence-corrected chi connectivity index (χ4v) is 3.93.